The topological polar surface area (TPSA) is 72.3 Å². The van der Waals surface area contributed by atoms with Crippen LogP contribution in [0.25, 0.3) is 11.0 Å². The average molecular weight is 320 g/mol. The fourth-order valence-electron chi connectivity index (χ4n) is 3.53. The first-order valence-electron chi connectivity index (χ1n) is 7.71. The van der Waals surface area contributed by atoms with Gasteiger partial charge in [-0.15, -0.1) is 0 Å². The highest BCUT2D eigenvalue weighted by atomic mass is 32.1. The second-order valence-corrected chi connectivity index (χ2v) is 6.44. The van der Waals surface area contributed by atoms with Crippen LogP contribution in [0.4, 0.5) is 0 Å². The van der Waals surface area contributed by atoms with Crippen molar-refractivity contribution in [3.05, 3.63) is 17.7 Å². The van der Waals surface area contributed by atoms with Gasteiger partial charge < -0.3 is 9.84 Å². The lowest BCUT2D eigenvalue weighted by molar-refractivity contribution is -0.141. The molecule has 1 aromatic heterocycles. The summed E-state index contributed by atoms with van der Waals surface area (Å²) >= 11 is 1.14. The molecule has 0 bridgehead atoms. The van der Waals surface area contributed by atoms with E-state index < -0.39 is 0 Å². The van der Waals surface area contributed by atoms with Crippen LogP contribution in [0.1, 0.15) is 50.0 Å². The number of phenols is 1. The zero-order valence-corrected chi connectivity index (χ0v) is 13.4. The Kier molecular flexibility index (Phi) is 4.57. The predicted octanol–water partition coefficient (Wildman–Crippen LogP) is 3.62. The standard InChI is InChI=1S/C16H20N2O3S/c1-21-14(20)9-11(10-5-3-2-4-6-10)15-13(19)8-7-12-16(15)18-22-17-12/h7-8,10-11,19H,2-6,9H2,1H3/t11-/m1/s1. The van der Waals surface area contributed by atoms with Gasteiger partial charge in [0.2, 0.25) is 0 Å². The summed E-state index contributed by atoms with van der Waals surface area (Å²) < 4.78 is 13.5. The van der Waals surface area contributed by atoms with Crippen molar-refractivity contribution in [2.75, 3.05) is 7.11 Å². The summed E-state index contributed by atoms with van der Waals surface area (Å²) in [5.74, 6) is 0.293. The number of nitrogens with zero attached hydrogens (tertiary/aromatic N) is 2. The smallest absolute Gasteiger partial charge is 0.306 e. The van der Waals surface area contributed by atoms with Crippen molar-refractivity contribution in [1.82, 2.24) is 8.75 Å². The van der Waals surface area contributed by atoms with E-state index in [9.17, 15) is 9.90 Å². The molecule has 2 aromatic rings. The molecule has 0 aliphatic heterocycles. The minimum Gasteiger partial charge on any atom is -0.508 e. The molecule has 1 aromatic carbocycles. The molecule has 22 heavy (non-hydrogen) atoms. The zero-order valence-electron chi connectivity index (χ0n) is 12.6. The van der Waals surface area contributed by atoms with Gasteiger partial charge in [0.15, 0.2) is 0 Å². The Morgan fingerprint density at radius 1 is 1.36 bits per heavy atom. The maximum absolute atomic E-state index is 11.9. The van der Waals surface area contributed by atoms with Gasteiger partial charge in [-0.2, -0.15) is 8.75 Å². The maximum Gasteiger partial charge on any atom is 0.306 e. The van der Waals surface area contributed by atoms with Crippen molar-refractivity contribution in [3.63, 3.8) is 0 Å². The second-order valence-electron chi connectivity index (χ2n) is 5.92. The van der Waals surface area contributed by atoms with Crippen molar-refractivity contribution in [2.24, 2.45) is 5.92 Å². The molecule has 0 saturated heterocycles. The molecule has 5 nitrogen and oxygen atoms in total. The number of rotatable bonds is 4. The summed E-state index contributed by atoms with van der Waals surface area (Å²) in [5, 5.41) is 10.4. The van der Waals surface area contributed by atoms with Crippen LogP contribution in [-0.2, 0) is 9.53 Å². The number of carbonyl (C=O) groups excluding carboxylic acids is 1. The molecule has 118 valence electrons. The Morgan fingerprint density at radius 2 is 2.14 bits per heavy atom. The van der Waals surface area contributed by atoms with Crippen LogP contribution in [0.2, 0.25) is 0 Å². The van der Waals surface area contributed by atoms with Crippen LogP contribution < -0.4 is 0 Å². The van der Waals surface area contributed by atoms with Crippen molar-refractivity contribution in [1.29, 1.82) is 0 Å². The lowest BCUT2D eigenvalue weighted by Gasteiger charge is -2.30. The van der Waals surface area contributed by atoms with Gasteiger partial charge in [-0.1, -0.05) is 19.3 Å². The van der Waals surface area contributed by atoms with E-state index in [-0.39, 0.29) is 24.1 Å². The highest BCUT2D eigenvalue weighted by molar-refractivity contribution is 7.00. The van der Waals surface area contributed by atoms with E-state index in [1.54, 1.807) is 12.1 Å². The monoisotopic (exact) mass is 320 g/mol. The van der Waals surface area contributed by atoms with Crippen LogP contribution >= 0.6 is 11.7 Å². The summed E-state index contributed by atoms with van der Waals surface area (Å²) in [4.78, 5) is 11.9. The molecule has 1 fully saturated rings. The number of benzene rings is 1. The number of ether oxygens (including phenoxy) is 1. The quantitative estimate of drug-likeness (QED) is 0.871. The van der Waals surface area contributed by atoms with Gasteiger partial charge in [-0.25, -0.2) is 0 Å². The molecule has 1 N–H and O–H groups in total. The van der Waals surface area contributed by atoms with E-state index in [2.05, 4.69) is 8.75 Å². The van der Waals surface area contributed by atoms with Crippen molar-refractivity contribution >= 4 is 28.7 Å². The van der Waals surface area contributed by atoms with Crippen LogP contribution in [0, 0.1) is 5.92 Å². The van der Waals surface area contributed by atoms with E-state index in [0.29, 0.717) is 5.92 Å². The fourth-order valence-corrected chi connectivity index (χ4v) is 4.08. The molecule has 1 aliphatic carbocycles. The zero-order chi connectivity index (χ0) is 15.5. The third-order valence-electron chi connectivity index (χ3n) is 4.65. The molecular weight excluding hydrogens is 300 g/mol. The van der Waals surface area contributed by atoms with Gasteiger partial charge in [0.1, 0.15) is 16.8 Å². The third-order valence-corrected chi connectivity index (χ3v) is 5.19. The Labute approximate surface area is 133 Å². The molecule has 1 atom stereocenters. The highest BCUT2D eigenvalue weighted by Crippen LogP contribution is 2.43. The summed E-state index contributed by atoms with van der Waals surface area (Å²) in [6.07, 6.45) is 6.04. The Bertz CT molecular complexity index is 664. The summed E-state index contributed by atoms with van der Waals surface area (Å²) in [7, 11) is 1.41. The molecule has 0 radical (unpaired) electrons. The van der Waals surface area contributed by atoms with Gasteiger partial charge >= 0.3 is 5.97 Å². The van der Waals surface area contributed by atoms with E-state index in [1.165, 1.54) is 26.4 Å². The van der Waals surface area contributed by atoms with E-state index in [0.717, 1.165) is 41.2 Å². The molecule has 1 saturated carbocycles. The van der Waals surface area contributed by atoms with Gasteiger partial charge in [-0.3, -0.25) is 4.79 Å². The lowest BCUT2D eigenvalue weighted by Crippen LogP contribution is -2.20. The summed E-state index contributed by atoms with van der Waals surface area (Å²) in [6, 6.07) is 3.43. The SMILES string of the molecule is COC(=O)C[C@@H](c1c(O)ccc2nsnc12)C1CCCCC1. The number of carbonyl (C=O) groups is 1. The largest absolute Gasteiger partial charge is 0.508 e. The molecular formula is C16H20N2O3S. The Morgan fingerprint density at radius 3 is 2.86 bits per heavy atom. The normalized spacial score (nSPS) is 17.5. The van der Waals surface area contributed by atoms with Crippen LogP contribution in [0.3, 0.4) is 0 Å². The summed E-state index contributed by atoms with van der Waals surface area (Å²) in [6.45, 7) is 0. The minimum atomic E-state index is -0.241. The van der Waals surface area contributed by atoms with E-state index >= 15 is 0 Å². The number of aromatic hydroxyl groups is 1. The highest BCUT2D eigenvalue weighted by Gasteiger charge is 2.31. The molecule has 0 unspecified atom stereocenters. The number of phenolic OH excluding ortho intramolecular Hbond substituents is 1. The third kappa shape index (κ3) is 2.92. The number of methoxy groups -OCH3 is 1. The first-order valence-corrected chi connectivity index (χ1v) is 8.44. The van der Waals surface area contributed by atoms with Gasteiger partial charge in [0, 0.05) is 11.5 Å². The minimum absolute atomic E-state index is 0.0552. The van der Waals surface area contributed by atoms with Crippen molar-refractivity contribution in [3.8, 4) is 5.75 Å². The lowest BCUT2D eigenvalue weighted by atomic mass is 9.74. The van der Waals surface area contributed by atoms with Crippen molar-refractivity contribution in [2.45, 2.75) is 44.4 Å². The van der Waals surface area contributed by atoms with Gasteiger partial charge in [-0.05, 0) is 30.9 Å². The number of hydrogen-bond donors (Lipinski definition) is 1. The Hall–Kier alpha value is -1.69. The molecule has 1 heterocycles. The summed E-state index contributed by atoms with van der Waals surface area (Å²) in [5.41, 5.74) is 2.27. The predicted molar refractivity (Wildman–Crippen MR) is 85.0 cm³/mol. The first-order chi connectivity index (χ1) is 10.7. The van der Waals surface area contributed by atoms with E-state index in [4.69, 9.17) is 4.74 Å². The maximum atomic E-state index is 11.9. The number of aromatic nitrogens is 2. The molecule has 3 rings (SSSR count). The number of fused-ring (bicyclic) bond motifs is 1. The van der Waals surface area contributed by atoms with Crippen molar-refractivity contribution < 1.29 is 14.6 Å². The first kappa shape index (κ1) is 15.2. The van der Waals surface area contributed by atoms with Crippen LogP contribution in [0.5, 0.6) is 5.75 Å². The molecule has 1 aliphatic rings. The fraction of sp³-hybridized carbons (Fsp3) is 0.562. The molecule has 0 spiro atoms. The second kappa shape index (κ2) is 6.60. The average Bonchev–Trinajstić information content (AvgIpc) is 3.02. The number of hydrogen-bond acceptors (Lipinski definition) is 6. The van der Waals surface area contributed by atoms with Gasteiger partial charge in [0.05, 0.1) is 25.3 Å². The Balaban J connectivity index is 2.04. The van der Waals surface area contributed by atoms with Crippen LogP contribution in [-0.4, -0.2) is 26.9 Å². The van der Waals surface area contributed by atoms with Crippen LogP contribution in [0.15, 0.2) is 12.1 Å². The number of esters is 1. The molecule has 0 amide bonds. The molecule has 6 heteroatoms. The van der Waals surface area contributed by atoms with Gasteiger partial charge in [0.25, 0.3) is 0 Å². The van der Waals surface area contributed by atoms with E-state index in [1.807, 2.05) is 0 Å².